The zero-order valence-electron chi connectivity index (χ0n) is 16.8. The Balaban J connectivity index is 3.08. The van der Waals surface area contributed by atoms with E-state index in [1.165, 1.54) is 24.8 Å². The Hall–Kier alpha value is -1.38. The van der Waals surface area contributed by atoms with Gasteiger partial charge in [0.25, 0.3) is 0 Å². The summed E-state index contributed by atoms with van der Waals surface area (Å²) in [6.07, 6.45) is 11.4. The van der Waals surface area contributed by atoms with E-state index in [0.29, 0.717) is 12.4 Å². The van der Waals surface area contributed by atoms with E-state index >= 15 is 0 Å². The molecular formula is C22H38O3. The number of unbranched alkanes of at least 4 members (excludes halogenated alkanes) is 4. The molecule has 0 aliphatic rings. The fraction of sp³-hybridized carbons (Fsp3) is 0.727. The summed E-state index contributed by atoms with van der Waals surface area (Å²) in [4.78, 5) is 0. The van der Waals surface area contributed by atoms with E-state index < -0.39 is 0 Å². The molecule has 0 aliphatic heterocycles. The molecule has 0 aromatic heterocycles. The van der Waals surface area contributed by atoms with Gasteiger partial charge in [-0.3, -0.25) is 0 Å². The number of aromatic hydroxyl groups is 2. The van der Waals surface area contributed by atoms with Crippen molar-refractivity contribution in [3.63, 3.8) is 0 Å². The monoisotopic (exact) mass is 350 g/mol. The van der Waals surface area contributed by atoms with Crippen molar-refractivity contribution < 1.29 is 14.9 Å². The molecule has 0 saturated heterocycles. The highest BCUT2D eigenvalue weighted by atomic mass is 16.5. The highest BCUT2D eigenvalue weighted by Gasteiger charge is 2.23. The van der Waals surface area contributed by atoms with Crippen molar-refractivity contribution in [1.82, 2.24) is 0 Å². The maximum absolute atomic E-state index is 10.6. The normalized spacial score (nSPS) is 11.0. The molecule has 0 saturated carbocycles. The van der Waals surface area contributed by atoms with Gasteiger partial charge in [-0.05, 0) is 31.2 Å². The van der Waals surface area contributed by atoms with Gasteiger partial charge in [-0.15, -0.1) is 0 Å². The van der Waals surface area contributed by atoms with Crippen LogP contribution in [-0.2, 0) is 19.3 Å². The first kappa shape index (κ1) is 21.7. The summed E-state index contributed by atoms with van der Waals surface area (Å²) < 4.78 is 5.99. The van der Waals surface area contributed by atoms with E-state index in [1.54, 1.807) is 0 Å². The molecule has 0 amide bonds. The number of rotatable bonds is 13. The Labute approximate surface area is 154 Å². The van der Waals surface area contributed by atoms with Crippen molar-refractivity contribution in [3.05, 3.63) is 16.7 Å². The van der Waals surface area contributed by atoms with Crippen molar-refractivity contribution in [2.75, 3.05) is 6.61 Å². The molecule has 0 heterocycles. The molecule has 3 heteroatoms. The van der Waals surface area contributed by atoms with Gasteiger partial charge in [-0.25, -0.2) is 0 Å². The smallest absolute Gasteiger partial charge is 0.201 e. The third kappa shape index (κ3) is 6.13. The number of benzene rings is 1. The van der Waals surface area contributed by atoms with Gasteiger partial charge in [0.1, 0.15) is 0 Å². The van der Waals surface area contributed by atoms with Crippen LogP contribution in [0.2, 0.25) is 0 Å². The second-order valence-corrected chi connectivity index (χ2v) is 6.97. The number of ether oxygens (including phenoxy) is 1. The van der Waals surface area contributed by atoms with E-state index in [4.69, 9.17) is 4.74 Å². The van der Waals surface area contributed by atoms with E-state index in [1.807, 2.05) is 0 Å². The second-order valence-electron chi connectivity index (χ2n) is 6.97. The van der Waals surface area contributed by atoms with Crippen molar-refractivity contribution in [1.29, 1.82) is 0 Å². The average molecular weight is 351 g/mol. The summed E-state index contributed by atoms with van der Waals surface area (Å²) in [5.41, 5.74) is 3.22. The number of hydrogen-bond donors (Lipinski definition) is 2. The maximum atomic E-state index is 10.6. The lowest BCUT2D eigenvalue weighted by Crippen LogP contribution is -2.07. The van der Waals surface area contributed by atoms with E-state index in [-0.39, 0.29) is 11.5 Å². The van der Waals surface area contributed by atoms with E-state index in [2.05, 4.69) is 27.7 Å². The van der Waals surface area contributed by atoms with Gasteiger partial charge in [0.05, 0.1) is 6.61 Å². The highest BCUT2D eigenvalue weighted by molar-refractivity contribution is 5.62. The Bertz CT molecular complexity index is 509. The predicted octanol–water partition coefficient (Wildman–Crippen LogP) is 6.30. The first-order chi connectivity index (χ1) is 12.1. The van der Waals surface area contributed by atoms with Crippen LogP contribution in [0.15, 0.2) is 0 Å². The van der Waals surface area contributed by atoms with Crippen LogP contribution in [0.4, 0.5) is 0 Å². The lowest BCUT2D eigenvalue weighted by molar-refractivity contribution is 0.279. The molecule has 25 heavy (non-hydrogen) atoms. The van der Waals surface area contributed by atoms with Gasteiger partial charge < -0.3 is 14.9 Å². The van der Waals surface area contributed by atoms with Gasteiger partial charge >= 0.3 is 0 Å². The Morgan fingerprint density at radius 1 is 0.600 bits per heavy atom. The predicted molar refractivity (Wildman–Crippen MR) is 106 cm³/mol. The SMILES string of the molecule is CCCCCCCOc1c(O)c(O)c(CCC)c(CCC)c1CCC. The lowest BCUT2D eigenvalue weighted by Gasteiger charge is -2.22. The fourth-order valence-corrected chi connectivity index (χ4v) is 3.48. The molecule has 1 rings (SSSR count). The summed E-state index contributed by atoms with van der Waals surface area (Å²) in [6.45, 7) is 9.22. The molecule has 0 radical (unpaired) electrons. The van der Waals surface area contributed by atoms with Gasteiger partial charge in [-0.1, -0.05) is 72.6 Å². The van der Waals surface area contributed by atoms with Crippen LogP contribution < -0.4 is 4.74 Å². The first-order valence-corrected chi connectivity index (χ1v) is 10.3. The quantitative estimate of drug-likeness (QED) is 0.324. The zero-order chi connectivity index (χ0) is 18.7. The summed E-state index contributed by atoms with van der Waals surface area (Å²) >= 11 is 0. The molecule has 1 aromatic carbocycles. The van der Waals surface area contributed by atoms with Crippen LogP contribution >= 0.6 is 0 Å². The number of phenolic OH excluding ortho intramolecular Hbond substituents is 2. The highest BCUT2D eigenvalue weighted by Crippen LogP contribution is 2.45. The Kier molecular flexibility index (Phi) is 10.4. The summed E-state index contributed by atoms with van der Waals surface area (Å²) in [7, 11) is 0. The van der Waals surface area contributed by atoms with Crippen LogP contribution in [0, 0.1) is 0 Å². The van der Waals surface area contributed by atoms with Gasteiger partial charge in [0, 0.05) is 11.1 Å². The number of hydrogen-bond acceptors (Lipinski definition) is 3. The minimum absolute atomic E-state index is 0.0335. The summed E-state index contributed by atoms with van der Waals surface area (Å²) in [5.74, 6) is 0.504. The molecule has 0 unspecified atom stereocenters. The third-order valence-electron chi connectivity index (χ3n) is 4.72. The molecule has 3 nitrogen and oxygen atoms in total. The number of phenols is 2. The Morgan fingerprint density at radius 3 is 1.76 bits per heavy atom. The average Bonchev–Trinajstić information content (AvgIpc) is 2.61. The van der Waals surface area contributed by atoms with Gasteiger partial charge in [0.15, 0.2) is 11.5 Å². The summed E-state index contributed by atoms with van der Waals surface area (Å²) in [5, 5.41) is 21.1. The minimum atomic E-state index is -0.0553. The van der Waals surface area contributed by atoms with Crippen LogP contribution in [-0.4, -0.2) is 16.8 Å². The molecule has 0 bridgehead atoms. The zero-order valence-corrected chi connectivity index (χ0v) is 16.8. The fourth-order valence-electron chi connectivity index (χ4n) is 3.48. The van der Waals surface area contributed by atoms with Gasteiger partial charge in [0.2, 0.25) is 5.75 Å². The minimum Gasteiger partial charge on any atom is -0.504 e. The molecule has 0 atom stereocenters. The molecule has 0 spiro atoms. The van der Waals surface area contributed by atoms with Crippen molar-refractivity contribution in [2.24, 2.45) is 0 Å². The topological polar surface area (TPSA) is 49.7 Å². The van der Waals surface area contributed by atoms with Crippen LogP contribution in [0.1, 0.15) is 95.8 Å². The van der Waals surface area contributed by atoms with Crippen LogP contribution in [0.3, 0.4) is 0 Å². The molecule has 0 fully saturated rings. The largest absolute Gasteiger partial charge is 0.504 e. The molecular weight excluding hydrogens is 312 g/mol. The first-order valence-electron chi connectivity index (χ1n) is 10.3. The molecule has 144 valence electrons. The standard InChI is InChI=1S/C22H38O3/c1-5-9-10-11-12-16-25-22-19(15-8-4)17(13-6-2)18(14-7-3)20(23)21(22)24/h23-24H,5-16H2,1-4H3. The lowest BCUT2D eigenvalue weighted by atomic mass is 9.90. The van der Waals surface area contributed by atoms with Crippen molar-refractivity contribution in [3.8, 4) is 17.2 Å². The van der Waals surface area contributed by atoms with E-state index in [9.17, 15) is 10.2 Å². The van der Waals surface area contributed by atoms with Crippen LogP contribution in [0.5, 0.6) is 17.2 Å². The molecule has 2 N–H and O–H groups in total. The van der Waals surface area contributed by atoms with Crippen molar-refractivity contribution in [2.45, 2.75) is 98.3 Å². The molecule has 1 aromatic rings. The van der Waals surface area contributed by atoms with Crippen molar-refractivity contribution >= 4 is 0 Å². The summed E-state index contributed by atoms with van der Waals surface area (Å²) in [6, 6.07) is 0. The Morgan fingerprint density at radius 2 is 1.16 bits per heavy atom. The molecule has 0 aliphatic carbocycles. The van der Waals surface area contributed by atoms with E-state index in [0.717, 1.165) is 62.5 Å². The van der Waals surface area contributed by atoms with Crippen LogP contribution in [0.25, 0.3) is 0 Å². The third-order valence-corrected chi connectivity index (χ3v) is 4.72. The maximum Gasteiger partial charge on any atom is 0.201 e. The second kappa shape index (κ2) is 12.1. The van der Waals surface area contributed by atoms with Gasteiger partial charge in [-0.2, -0.15) is 0 Å².